The quantitative estimate of drug-likeness (QED) is 0.542. The van der Waals surface area contributed by atoms with Crippen LogP contribution in [0.4, 0.5) is 0 Å². The molecular formula is C12H21NO. The highest BCUT2D eigenvalue weighted by Crippen LogP contribution is 2.45. The van der Waals surface area contributed by atoms with E-state index in [1.54, 1.807) is 12.7 Å². The van der Waals surface area contributed by atoms with Gasteiger partial charge in [-0.25, -0.2) is 0 Å². The molecule has 0 aromatic heterocycles. The third-order valence-electron chi connectivity index (χ3n) is 3.83. The number of rotatable bonds is 2. The fourth-order valence-electron chi connectivity index (χ4n) is 3.11. The van der Waals surface area contributed by atoms with Gasteiger partial charge in [0.15, 0.2) is 0 Å². The zero-order valence-electron chi connectivity index (χ0n) is 9.25. The third kappa shape index (κ3) is 1.73. The van der Waals surface area contributed by atoms with Crippen molar-refractivity contribution in [1.29, 1.82) is 0 Å². The normalized spacial score (nSPS) is 39.1. The average Bonchev–Trinajstić information content (AvgIpc) is 2.15. The Balaban J connectivity index is 2.20. The summed E-state index contributed by atoms with van der Waals surface area (Å²) in [7, 11) is 1.71. The van der Waals surface area contributed by atoms with Crippen molar-refractivity contribution in [2.24, 2.45) is 17.1 Å². The molecule has 2 nitrogen and oxygen atoms in total. The van der Waals surface area contributed by atoms with Crippen molar-refractivity contribution in [2.75, 3.05) is 7.11 Å². The van der Waals surface area contributed by atoms with Gasteiger partial charge in [0, 0.05) is 12.5 Å². The van der Waals surface area contributed by atoms with Crippen LogP contribution in [0.3, 0.4) is 0 Å². The van der Waals surface area contributed by atoms with Gasteiger partial charge in [0.1, 0.15) is 6.23 Å². The maximum atomic E-state index is 6.02. The Hall–Kier alpha value is -0.340. The smallest absolute Gasteiger partial charge is 0.114 e. The molecule has 0 radical (unpaired) electrons. The Kier molecular flexibility index (Phi) is 2.67. The van der Waals surface area contributed by atoms with Crippen molar-refractivity contribution < 1.29 is 4.74 Å². The molecule has 0 aromatic rings. The summed E-state index contributed by atoms with van der Waals surface area (Å²) in [5, 5.41) is 0. The number of ether oxygens (including phenoxy) is 1. The topological polar surface area (TPSA) is 35.2 Å². The van der Waals surface area contributed by atoms with Crippen LogP contribution in [0.5, 0.6) is 0 Å². The molecule has 3 atom stereocenters. The maximum Gasteiger partial charge on any atom is 0.114 e. The molecule has 2 heteroatoms. The first-order chi connectivity index (χ1) is 6.64. The lowest BCUT2D eigenvalue weighted by molar-refractivity contribution is 0.00757. The molecule has 3 unspecified atom stereocenters. The first-order valence-electron chi connectivity index (χ1n) is 5.63. The van der Waals surface area contributed by atoms with Gasteiger partial charge in [-0.2, -0.15) is 0 Å². The third-order valence-corrected chi connectivity index (χ3v) is 3.83. The lowest BCUT2D eigenvalue weighted by Gasteiger charge is -2.42. The zero-order valence-corrected chi connectivity index (χ0v) is 9.25. The minimum atomic E-state index is -0.140. The number of allylic oxidation sites excluding steroid dienone is 1. The second-order valence-electron chi connectivity index (χ2n) is 5.13. The second-order valence-corrected chi connectivity index (χ2v) is 5.13. The molecule has 0 spiro atoms. The highest BCUT2D eigenvalue weighted by molar-refractivity contribution is 5.17. The number of hydrogen-bond acceptors (Lipinski definition) is 2. The Morgan fingerprint density at radius 3 is 3.07 bits per heavy atom. The van der Waals surface area contributed by atoms with Crippen LogP contribution in [0.1, 0.15) is 39.0 Å². The predicted molar refractivity (Wildman–Crippen MR) is 57.7 cm³/mol. The Morgan fingerprint density at radius 1 is 1.64 bits per heavy atom. The molecule has 0 amide bonds. The number of nitrogens with two attached hydrogens (primary N) is 1. The van der Waals surface area contributed by atoms with Gasteiger partial charge in [0.05, 0.1) is 0 Å². The van der Waals surface area contributed by atoms with E-state index in [-0.39, 0.29) is 11.6 Å². The van der Waals surface area contributed by atoms with Gasteiger partial charge in [-0.15, -0.1) is 0 Å². The summed E-state index contributed by atoms with van der Waals surface area (Å²) in [6.45, 7) is 2.23. The fraction of sp³-hybridized carbons (Fsp3) is 0.833. The van der Waals surface area contributed by atoms with Crippen LogP contribution in [0.2, 0.25) is 0 Å². The summed E-state index contributed by atoms with van der Waals surface area (Å²) < 4.78 is 5.29. The number of fused-ring (bicyclic) bond motifs is 2. The van der Waals surface area contributed by atoms with Gasteiger partial charge in [-0.1, -0.05) is 18.6 Å². The molecule has 2 rings (SSSR count). The van der Waals surface area contributed by atoms with E-state index in [0.29, 0.717) is 0 Å². The predicted octanol–water partition coefficient (Wildman–Crippen LogP) is 2.44. The highest BCUT2D eigenvalue weighted by atomic mass is 16.5. The van der Waals surface area contributed by atoms with Gasteiger partial charge < -0.3 is 10.5 Å². The van der Waals surface area contributed by atoms with Crippen LogP contribution in [0.25, 0.3) is 0 Å². The van der Waals surface area contributed by atoms with Crippen molar-refractivity contribution in [1.82, 2.24) is 0 Å². The standard InChI is InChI=1S/C12H21NO/c1-12(11(13)14-2)7-9-4-3-5-10(6-9)8-12/h7,10-11H,3-6,8,13H2,1-2H3. The van der Waals surface area contributed by atoms with E-state index in [0.717, 1.165) is 5.92 Å². The molecule has 1 saturated carbocycles. The van der Waals surface area contributed by atoms with E-state index in [1.807, 2.05) is 0 Å². The average molecular weight is 195 g/mol. The van der Waals surface area contributed by atoms with E-state index >= 15 is 0 Å². The zero-order chi connectivity index (χ0) is 10.2. The molecule has 14 heavy (non-hydrogen) atoms. The van der Waals surface area contributed by atoms with Crippen molar-refractivity contribution >= 4 is 0 Å². The van der Waals surface area contributed by atoms with Crippen LogP contribution < -0.4 is 5.73 Å². The molecule has 0 heterocycles. The minimum Gasteiger partial charge on any atom is -0.366 e. The van der Waals surface area contributed by atoms with E-state index in [9.17, 15) is 0 Å². The van der Waals surface area contributed by atoms with E-state index in [1.165, 1.54) is 32.1 Å². The summed E-state index contributed by atoms with van der Waals surface area (Å²) in [5.41, 5.74) is 7.71. The van der Waals surface area contributed by atoms with Crippen LogP contribution in [0.15, 0.2) is 11.6 Å². The second kappa shape index (κ2) is 3.67. The molecule has 2 aliphatic carbocycles. The van der Waals surface area contributed by atoms with E-state index in [2.05, 4.69) is 13.0 Å². The van der Waals surface area contributed by atoms with Crippen molar-refractivity contribution in [2.45, 2.75) is 45.3 Å². The monoisotopic (exact) mass is 195 g/mol. The summed E-state index contributed by atoms with van der Waals surface area (Å²) in [6, 6.07) is 0. The van der Waals surface area contributed by atoms with Gasteiger partial charge >= 0.3 is 0 Å². The molecule has 1 fully saturated rings. The van der Waals surface area contributed by atoms with Gasteiger partial charge in [-0.05, 0) is 38.0 Å². The number of hydrogen-bond donors (Lipinski definition) is 1. The summed E-state index contributed by atoms with van der Waals surface area (Å²) in [5.74, 6) is 0.856. The van der Waals surface area contributed by atoms with Crippen LogP contribution in [-0.4, -0.2) is 13.3 Å². The van der Waals surface area contributed by atoms with Gasteiger partial charge in [0.25, 0.3) is 0 Å². The van der Waals surface area contributed by atoms with Crippen LogP contribution in [0, 0.1) is 11.3 Å². The summed E-state index contributed by atoms with van der Waals surface area (Å²) >= 11 is 0. The molecule has 0 aliphatic heterocycles. The van der Waals surface area contributed by atoms with Crippen molar-refractivity contribution in [3.05, 3.63) is 11.6 Å². The van der Waals surface area contributed by atoms with Crippen LogP contribution in [-0.2, 0) is 4.74 Å². The Bertz CT molecular complexity index is 249. The number of methoxy groups -OCH3 is 1. The highest BCUT2D eigenvalue weighted by Gasteiger charge is 2.37. The molecule has 80 valence electrons. The molecule has 0 saturated heterocycles. The largest absolute Gasteiger partial charge is 0.366 e. The molecular weight excluding hydrogens is 174 g/mol. The summed E-state index contributed by atoms with van der Waals surface area (Å²) in [4.78, 5) is 0. The molecule has 2 aliphatic rings. The lowest BCUT2D eigenvalue weighted by atomic mass is 9.67. The summed E-state index contributed by atoms with van der Waals surface area (Å²) in [6.07, 6.45) is 8.79. The van der Waals surface area contributed by atoms with E-state index in [4.69, 9.17) is 10.5 Å². The molecule has 2 N–H and O–H groups in total. The lowest BCUT2D eigenvalue weighted by Crippen LogP contribution is -2.43. The minimum absolute atomic E-state index is 0.0768. The maximum absolute atomic E-state index is 6.02. The first kappa shape index (κ1) is 10.2. The Labute approximate surface area is 86.5 Å². The van der Waals surface area contributed by atoms with E-state index < -0.39 is 0 Å². The first-order valence-corrected chi connectivity index (χ1v) is 5.63. The molecule has 0 aromatic carbocycles. The van der Waals surface area contributed by atoms with Crippen molar-refractivity contribution in [3.8, 4) is 0 Å². The SMILES string of the molecule is COC(N)C1(C)C=C2CCCC(C2)C1. The fourth-order valence-corrected chi connectivity index (χ4v) is 3.11. The van der Waals surface area contributed by atoms with Gasteiger partial charge in [0.2, 0.25) is 0 Å². The van der Waals surface area contributed by atoms with Crippen LogP contribution >= 0.6 is 0 Å². The molecule has 2 bridgehead atoms. The van der Waals surface area contributed by atoms with Crippen molar-refractivity contribution in [3.63, 3.8) is 0 Å². The Morgan fingerprint density at radius 2 is 2.43 bits per heavy atom. The van der Waals surface area contributed by atoms with Gasteiger partial charge in [-0.3, -0.25) is 0 Å².